The van der Waals surface area contributed by atoms with Gasteiger partial charge in [0.05, 0.1) is 0 Å². The summed E-state index contributed by atoms with van der Waals surface area (Å²) in [7, 11) is 0. The smallest absolute Gasteiger partial charge is 0.254 e. The third kappa shape index (κ3) is 3.49. The largest absolute Gasteiger partial charge is 0.336 e. The van der Waals surface area contributed by atoms with Gasteiger partial charge < -0.3 is 4.90 Å². The molecule has 0 unspecified atom stereocenters. The first-order chi connectivity index (χ1) is 12.8. The van der Waals surface area contributed by atoms with Gasteiger partial charge in [0.1, 0.15) is 12.7 Å². The summed E-state index contributed by atoms with van der Waals surface area (Å²) in [5.74, 6) is 0.108. The number of rotatable bonds is 5. The van der Waals surface area contributed by atoms with E-state index in [1.54, 1.807) is 12.7 Å². The fourth-order valence-corrected chi connectivity index (χ4v) is 3.59. The van der Waals surface area contributed by atoms with Crippen LogP contribution >= 0.6 is 0 Å². The van der Waals surface area contributed by atoms with E-state index in [1.165, 1.54) is 5.56 Å². The number of carbonyl (C=O) groups is 1. The van der Waals surface area contributed by atoms with Gasteiger partial charge >= 0.3 is 0 Å². The predicted octanol–water partition coefficient (Wildman–Crippen LogP) is 2.90. The molecule has 0 bridgehead atoms. The Labute approximate surface area is 152 Å². The summed E-state index contributed by atoms with van der Waals surface area (Å²) in [6.45, 7) is 0.830. The highest BCUT2D eigenvalue weighted by molar-refractivity contribution is 5.95. The van der Waals surface area contributed by atoms with Crippen LogP contribution in [0.2, 0.25) is 0 Å². The third-order valence-corrected chi connectivity index (χ3v) is 4.96. The van der Waals surface area contributed by atoms with Crippen molar-refractivity contribution in [1.82, 2.24) is 24.6 Å². The number of pyridine rings is 1. The molecule has 0 N–H and O–H groups in total. The normalized spacial score (nSPS) is 16.8. The van der Waals surface area contributed by atoms with Gasteiger partial charge in [-0.3, -0.25) is 14.3 Å². The standard InChI is InChI=1S/C20H21N5O/c26-20(17-3-1-4-19(13-17)24-14-22-23-15-24)25-12-2-5-18(25)7-6-16-8-10-21-11-9-16/h1,3-4,8-11,13-15,18H,2,5-7,12H2/t18-/m0/s1. The number of aromatic nitrogens is 4. The summed E-state index contributed by atoms with van der Waals surface area (Å²) < 4.78 is 1.81. The number of hydrogen-bond acceptors (Lipinski definition) is 4. The van der Waals surface area contributed by atoms with E-state index >= 15 is 0 Å². The maximum Gasteiger partial charge on any atom is 0.254 e. The molecule has 1 atom stereocenters. The molecule has 6 heteroatoms. The number of hydrogen-bond donors (Lipinski definition) is 0. The first-order valence-electron chi connectivity index (χ1n) is 8.96. The number of likely N-dealkylation sites (tertiary alicyclic amines) is 1. The molecule has 132 valence electrons. The quantitative estimate of drug-likeness (QED) is 0.712. The average molecular weight is 347 g/mol. The monoisotopic (exact) mass is 347 g/mol. The maximum atomic E-state index is 13.1. The van der Waals surface area contributed by atoms with Crippen LogP contribution in [0.1, 0.15) is 35.2 Å². The second kappa shape index (κ2) is 7.47. The Bertz CT molecular complexity index is 863. The molecule has 2 aromatic heterocycles. The van der Waals surface area contributed by atoms with Crippen molar-refractivity contribution in [2.75, 3.05) is 6.54 Å². The van der Waals surface area contributed by atoms with Gasteiger partial charge in [-0.05, 0) is 61.6 Å². The fraction of sp³-hybridized carbons (Fsp3) is 0.300. The van der Waals surface area contributed by atoms with E-state index < -0.39 is 0 Å². The summed E-state index contributed by atoms with van der Waals surface area (Å²) in [6, 6.07) is 12.0. The third-order valence-electron chi connectivity index (χ3n) is 4.96. The van der Waals surface area contributed by atoms with Crippen LogP contribution in [0.4, 0.5) is 0 Å². The van der Waals surface area contributed by atoms with E-state index in [1.807, 2.05) is 58.3 Å². The molecule has 0 aliphatic carbocycles. The van der Waals surface area contributed by atoms with Crippen molar-refractivity contribution >= 4 is 5.91 Å². The summed E-state index contributed by atoms with van der Waals surface area (Å²) in [5, 5.41) is 7.66. The Morgan fingerprint density at radius 3 is 2.73 bits per heavy atom. The van der Waals surface area contributed by atoms with E-state index in [9.17, 15) is 4.79 Å². The predicted molar refractivity (Wildman–Crippen MR) is 98.0 cm³/mol. The van der Waals surface area contributed by atoms with Crippen LogP contribution in [0.15, 0.2) is 61.4 Å². The highest BCUT2D eigenvalue weighted by Crippen LogP contribution is 2.24. The van der Waals surface area contributed by atoms with E-state index in [0.29, 0.717) is 11.6 Å². The van der Waals surface area contributed by atoms with Gasteiger partial charge in [0.2, 0.25) is 0 Å². The molecule has 1 aliphatic heterocycles. The molecule has 1 aliphatic rings. The summed E-state index contributed by atoms with van der Waals surface area (Å²) >= 11 is 0. The maximum absolute atomic E-state index is 13.1. The van der Waals surface area contributed by atoms with Gasteiger partial charge in [0.25, 0.3) is 5.91 Å². The number of nitrogens with zero attached hydrogens (tertiary/aromatic N) is 5. The lowest BCUT2D eigenvalue weighted by Gasteiger charge is -2.25. The van der Waals surface area contributed by atoms with Crippen molar-refractivity contribution in [3.8, 4) is 5.69 Å². The van der Waals surface area contributed by atoms with E-state index in [-0.39, 0.29) is 5.91 Å². The molecule has 0 saturated carbocycles. The molecule has 3 heterocycles. The SMILES string of the molecule is O=C(c1cccc(-n2cnnc2)c1)N1CCC[C@H]1CCc1ccncc1. The Morgan fingerprint density at radius 1 is 1.12 bits per heavy atom. The van der Waals surface area contributed by atoms with Crippen LogP contribution in [0, 0.1) is 0 Å². The van der Waals surface area contributed by atoms with E-state index in [2.05, 4.69) is 15.2 Å². The molecule has 0 spiro atoms. The van der Waals surface area contributed by atoms with Crippen molar-refractivity contribution in [1.29, 1.82) is 0 Å². The van der Waals surface area contributed by atoms with E-state index in [4.69, 9.17) is 0 Å². The fourth-order valence-electron chi connectivity index (χ4n) is 3.59. The number of benzene rings is 1. The molecule has 26 heavy (non-hydrogen) atoms. The second-order valence-corrected chi connectivity index (χ2v) is 6.61. The zero-order valence-corrected chi connectivity index (χ0v) is 14.5. The first-order valence-corrected chi connectivity index (χ1v) is 8.96. The van der Waals surface area contributed by atoms with Crippen LogP contribution in [0.5, 0.6) is 0 Å². The molecule has 1 aromatic carbocycles. The molecule has 6 nitrogen and oxygen atoms in total. The van der Waals surface area contributed by atoms with E-state index in [0.717, 1.165) is 37.9 Å². The zero-order chi connectivity index (χ0) is 17.8. The van der Waals surface area contributed by atoms with Gasteiger partial charge in [-0.15, -0.1) is 10.2 Å². The van der Waals surface area contributed by atoms with Crippen LogP contribution < -0.4 is 0 Å². The van der Waals surface area contributed by atoms with Crippen LogP contribution in [-0.2, 0) is 6.42 Å². The Morgan fingerprint density at radius 2 is 1.92 bits per heavy atom. The van der Waals surface area contributed by atoms with Crippen LogP contribution in [-0.4, -0.2) is 43.1 Å². The molecule has 1 fully saturated rings. The van der Waals surface area contributed by atoms with Gasteiger partial charge in [0, 0.05) is 36.2 Å². The van der Waals surface area contributed by atoms with Gasteiger partial charge in [-0.1, -0.05) is 6.07 Å². The summed E-state index contributed by atoms with van der Waals surface area (Å²) in [6.07, 6.45) is 11.0. The Balaban J connectivity index is 1.47. The van der Waals surface area contributed by atoms with Gasteiger partial charge in [-0.25, -0.2) is 0 Å². The van der Waals surface area contributed by atoms with Crippen molar-refractivity contribution in [2.24, 2.45) is 0 Å². The Hall–Kier alpha value is -3.02. The minimum atomic E-state index is 0.108. The number of carbonyl (C=O) groups excluding carboxylic acids is 1. The minimum absolute atomic E-state index is 0.108. The lowest BCUT2D eigenvalue weighted by molar-refractivity contribution is 0.0730. The second-order valence-electron chi connectivity index (χ2n) is 6.61. The van der Waals surface area contributed by atoms with Crippen molar-refractivity contribution in [3.63, 3.8) is 0 Å². The minimum Gasteiger partial charge on any atom is -0.336 e. The average Bonchev–Trinajstić information content (AvgIpc) is 3.39. The highest BCUT2D eigenvalue weighted by Gasteiger charge is 2.29. The van der Waals surface area contributed by atoms with Crippen LogP contribution in [0.3, 0.4) is 0 Å². The molecule has 1 saturated heterocycles. The van der Waals surface area contributed by atoms with Gasteiger partial charge in [-0.2, -0.15) is 0 Å². The Kier molecular flexibility index (Phi) is 4.73. The molecular formula is C20H21N5O. The molecule has 1 amide bonds. The molecule has 0 radical (unpaired) electrons. The lowest BCUT2D eigenvalue weighted by Crippen LogP contribution is -2.35. The summed E-state index contributed by atoms with van der Waals surface area (Å²) in [5.41, 5.74) is 2.88. The first kappa shape index (κ1) is 16.4. The summed E-state index contributed by atoms with van der Waals surface area (Å²) in [4.78, 5) is 19.2. The van der Waals surface area contributed by atoms with Crippen molar-refractivity contribution in [3.05, 3.63) is 72.6 Å². The molecule has 3 aromatic rings. The van der Waals surface area contributed by atoms with Crippen molar-refractivity contribution in [2.45, 2.75) is 31.7 Å². The van der Waals surface area contributed by atoms with Gasteiger partial charge in [0.15, 0.2) is 0 Å². The zero-order valence-electron chi connectivity index (χ0n) is 14.5. The van der Waals surface area contributed by atoms with Crippen molar-refractivity contribution < 1.29 is 4.79 Å². The number of aryl methyl sites for hydroxylation is 1. The van der Waals surface area contributed by atoms with Crippen LogP contribution in [0.25, 0.3) is 5.69 Å². The molecular weight excluding hydrogens is 326 g/mol. The topological polar surface area (TPSA) is 63.9 Å². The molecule has 4 rings (SSSR count). The number of amides is 1. The lowest BCUT2D eigenvalue weighted by atomic mass is 10.0. The highest BCUT2D eigenvalue weighted by atomic mass is 16.2.